The van der Waals surface area contributed by atoms with Gasteiger partial charge in [-0.3, -0.25) is 0 Å². The lowest BCUT2D eigenvalue weighted by atomic mass is 10.3. The molecule has 2 heteroatoms. The van der Waals surface area contributed by atoms with Crippen LogP contribution in [0.4, 0.5) is 0 Å². The van der Waals surface area contributed by atoms with Crippen LogP contribution in [0.15, 0.2) is 29.4 Å². The number of allylic oxidation sites excluding steroid dienone is 3. The van der Waals surface area contributed by atoms with E-state index in [9.17, 15) is 0 Å². The molecule has 0 aliphatic carbocycles. The molecule has 14 heavy (non-hydrogen) atoms. The molecular formula is C12H22N2. The van der Waals surface area contributed by atoms with Crippen molar-refractivity contribution in [2.75, 3.05) is 13.6 Å². The molecule has 80 valence electrons. The molecule has 0 atom stereocenters. The summed E-state index contributed by atoms with van der Waals surface area (Å²) in [5.41, 5.74) is 1.01. The third-order valence-electron chi connectivity index (χ3n) is 1.98. The number of aliphatic imine (C=N–C) groups is 1. The highest BCUT2D eigenvalue weighted by molar-refractivity contribution is 5.82. The van der Waals surface area contributed by atoms with Crippen molar-refractivity contribution in [2.24, 2.45) is 4.99 Å². The molecule has 0 spiro atoms. The summed E-state index contributed by atoms with van der Waals surface area (Å²) in [5.74, 6) is 1.14. The predicted octanol–water partition coefficient (Wildman–Crippen LogP) is 3.23. The molecule has 0 rings (SSSR count). The number of amidine groups is 1. The normalized spacial score (nSPS) is 12.9. The molecule has 0 amide bonds. The Morgan fingerprint density at radius 3 is 2.50 bits per heavy atom. The molecule has 0 radical (unpaired) electrons. The summed E-state index contributed by atoms with van der Waals surface area (Å²) >= 11 is 0. The minimum Gasteiger partial charge on any atom is -0.363 e. The van der Waals surface area contributed by atoms with Gasteiger partial charge in [-0.2, -0.15) is 0 Å². The van der Waals surface area contributed by atoms with Crippen molar-refractivity contribution < 1.29 is 0 Å². The molecule has 0 heterocycles. The summed E-state index contributed by atoms with van der Waals surface area (Å²) in [4.78, 5) is 6.74. The molecule has 0 saturated heterocycles. The van der Waals surface area contributed by atoms with Gasteiger partial charge in [0.05, 0.1) is 0 Å². The van der Waals surface area contributed by atoms with Gasteiger partial charge in [-0.25, -0.2) is 4.99 Å². The highest BCUT2D eigenvalue weighted by Gasteiger charge is 2.02. The van der Waals surface area contributed by atoms with E-state index in [0.717, 1.165) is 30.9 Å². The smallest absolute Gasteiger partial charge is 0.104 e. The second-order valence-corrected chi connectivity index (χ2v) is 3.35. The molecule has 2 nitrogen and oxygen atoms in total. The van der Waals surface area contributed by atoms with Crippen LogP contribution in [-0.4, -0.2) is 24.3 Å². The number of hydrogen-bond acceptors (Lipinski definition) is 1. The van der Waals surface area contributed by atoms with Gasteiger partial charge in [-0.1, -0.05) is 26.5 Å². The maximum Gasteiger partial charge on any atom is 0.104 e. The van der Waals surface area contributed by atoms with Gasteiger partial charge in [0.2, 0.25) is 0 Å². The van der Waals surface area contributed by atoms with E-state index in [2.05, 4.69) is 37.4 Å². The Kier molecular flexibility index (Phi) is 6.81. The summed E-state index contributed by atoms with van der Waals surface area (Å²) in [6, 6.07) is 0. The fraction of sp³-hybridized carbons (Fsp3) is 0.583. The molecule has 0 unspecified atom stereocenters. The molecule has 0 aromatic rings. The fourth-order valence-corrected chi connectivity index (χ4v) is 1.31. The highest BCUT2D eigenvalue weighted by atomic mass is 15.2. The van der Waals surface area contributed by atoms with Gasteiger partial charge in [-0.15, -0.1) is 0 Å². The lowest BCUT2D eigenvalue weighted by Crippen LogP contribution is -2.26. The van der Waals surface area contributed by atoms with Crippen molar-refractivity contribution in [1.82, 2.24) is 4.90 Å². The topological polar surface area (TPSA) is 15.6 Å². The Bertz CT molecular complexity index is 226. The summed E-state index contributed by atoms with van der Waals surface area (Å²) in [6.07, 6.45) is 5.82. The third-order valence-corrected chi connectivity index (χ3v) is 1.98. The van der Waals surface area contributed by atoms with Crippen LogP contribution in [0.5, 0.6) is 0 Å². The van der Waals surface area contributed by atoms with Crippen LogP contribution in [0, 0.1) is 0 Å². The van der Waals surface area contributed by atoms with Crippen LogP contribution in [-0.2, 0) is 0 Å². The Balaban J connectivity index is 4.52. The van der Waals surface area contributed by atoms with Crippen LogP contribution in [0.2, 0.25) is 0 Å². The fourth-order valence-electron chi connectivity index (χ4n) is 1.31. The van der Waals surface area contributed by atoms with Crippen molar-refractivity contribution in [3.8, 4) is 0 Å². The van der Waals surface area contributed by atoms with E-state index in [1.807, 2.05) is 13.0 Å². The van der Waals surface area contributed by atoms with Gasteiger partial charge < -0.3 is 4.90 Å². The molecule has 0 aliphatic rings. The SMILES string of the molecule is C=C/C=C(\C)N=C(CC)N(C)CCC. The second kappa shape index (κ2) is 7.36. The van der Waals surface area contributed by atoms with Crippen molar-refractivity contribution in [2.45, 2.75) is 33.6 Å². The first-order valence-electron chi connectivity index (χ1n) is 5.23. The Morgan fingerprint density at radius 2 is 2.07 bits per heavy atom. The third kappa shape index (κ3) is 4.85. The minimum atomic E-state index is 0.971. The standard InChI is InChI=1S/C12H22N2/c1-6-9-11(4)13-12(8-3)14(5)10-7-2/h6,9H,1,7-8,10H2,2-5H3/b11-9+,13-12?. The van der Waals surface area contributed by atoms with Crippen LogP contribution >= 0.6 is 0 Å². The van der Waals surface area contributed by atoms with Gasteiger partial charge in [0, 0.05) is 25.7 Å². The molecule has 0 aliphatic heterocycles. The zero-order chi connectivity index (χ0) is 11.0. The largest absolute Gasteiger partial charge is 0.363 e. The summed E-state index contributed by atoms with van der Waals surface area (Å²) in [6.45, 7) is 11.0. The number of nitrogens with zero attached hydrogens (tertiary/aromatic N) is 2. The zero-order valence-corrected chi connectivity index (χ0v) is 9.88. The van der Waals surface area contributed by atoms with E-state index in [-0.39, 0.29) is 0 Å². The van der Waals surface area contributed by atoms with Crippen molar-refractivity contribution in [1.29, 1.82) is 0 Å². The quantitative estimate of drug-likeness (QED) is 0.373. The lowest BCUT2D eigenvalue weighted by molar-refractivity contribution is 0.491. The molecule has 0 N–H and O–H groups in total. The van der Waals surface area contributed by atoms with E-state index >= 15 is 0 Å². The van der Waals surface area contributed by atoms with Crippen LogP contribution in [0.1, 0.15) is 33.6 Å². The summed E-state index contributed by atoms with van der Waals surface area (Å²) < 4.78 is 0. The van der Waals surface area contributed by atoms with Crippen LogP contribution in [0.3, 0.4) is 0 Å². The molecule has 0 aromatic heterocycles. The minimum absolute atomic E-state index is 0.971. The van der Waals surface area contributed by atoms with E-state index in [0.29, 0.717) is 0 Å². The maximum atomic E-state index is 4.54. The van der Waals surface area contributed by atoms with Gasteiger partial charge in [0.1, 0.15) is 5.84 Å². The second-order valence-electron chi connectivity index (χ2n) is 3.35. The molecule has 0 aromatic carbocycles. The first kappa shape index (κ1) is 12.9. The van der Waals surface area contributed by atoms with Gasteiger partial charge in [0.25, 0.3) is 0 Å². The van der Waals surface area contributed by atoms with E-state index in [1.165, 1.54) is 0 Å². The average Bonchev–Trinajstić information content (AvgIpc) is 2.15. The average molecular weight is 194 g/mol. The van der Waals surface area contributed by atoms with E-state index in [1.54, 1.807) is 6.08 Å². The van der Waals surface area contributed by atoms with Crippen molar-refractivity contribution in [3.05, 3.63) is 24.4 Å². The Morgan fingerprint density at radius 1 is 1.43 bits per heavy atom. The molecule has 0 bridgehead atoms. The van der Waals surface area contributed by atoms with Crippen molar-refractivity contribution >= 4 is 5.84 Å². The Labute approximate surface area is 88.0 Å². The summed E-state index contributed by atoms with van der Waals surface area (Å²) in [5, 5.41) is 0. The molecule has 0 fully saturated rings. The van der Waals surface area contributed by atoms with Crippen LogP contribution < -0.4 is 0 Å². The first-order valence-corrected chi connectivity index (χ1v) is 5.23. The summed E-state index contributed by atoms with van der Waals surface area (Å²) in [7, 11) is 2.09. The van der Waals surface area contributed by atoms with Gasteiger partial charge >= 0.3 is 0 Å². The monoisotopic (exact) mass is 194 g/mol. The zero-order valence-electron chi connectivity index (χ0n) is 9.88. The lowest BCUT2D eigenvalue weighted by Gasteiger charge is -2.19. The molecular weight excluding hydrogens is 172 g/mol. The predicted molar refractivity (Wildman–Crippen MR) is 64.6 cm³/mol. The maximum absolute atomic E-state index is 4.54. The number of hydrogen-bond donors (Lipinski definition) is 0. The van der Waals surface area contributed by atoms with Gasteiger partial charge in [0.15, 0.2) is 0 Å². The first-order chi connectivity index (χ1) is 6.65. The van der Waals surface area contributed by atoms with Gasteiger partial charge in [-0.05, 0) is 19.4 Å². The Hall–Kier alpha value is -1.05. The highest BCUT2D eigenvalue weighted by Crippen LogP contribution is 2.02. The van der Waals surface area contributed by atoms with Crippen LogP contribution in [0.25, 0.3) is 0 Å². The number of rotatable bonds is 5. The van der Waals surface area contributed by atoms with E-state index in [4.69, 9.17) is 0 Å². The van der Waals surface area contributed by atoms with E-state index < -0.39 is 0 Å². The van der Waals surface area contributed by atoms with Crippen molar-refractivity contribution in [3.63, 3.8) is 0 Å². The molecule has 0 saturated carbocycles.